The Morgan fingerprint density at radius 2 is 2.10 bits per heavy atom. The Kier molecular flexibility index (Phi) is 5.16. The van der Waals surface area contributed by atoms with Gasteiger partial charge in [0.15, 0.2) is 0 Å². The predicted molar refractivity (Wildman–Crippen MR) is 81.9 cm³/mol. The van der Waals surface area contributed by atoms with Crippen LogP contribution in [0.15, 0.2) is 34.7 Å². The molecule has 0 bridgehead atoms. The van der Waals surface area contributed by atoms with Gasteiger partial charge in [0.1, 0.15) is 10.8 Å². The van der Waals surface area contributed by atoms with E-state index in [0.29, 0.717) is 12.1 Å². The van der Waals surface area contributed by atoms with Crippen molar-refractivity contribution >= 4 is 23.0 Å². The number of nitrogens with zero attached hydrogens (tertiary/aromatic N) is 2. The first-order chi connectivity index (χ1) is 10.1. The number of hydrogen-bond acceptors (Lipinski definition) is 4. The third kappa shape index (κ3) is 4.46. The van der Waals surface area contributed by atoms with Gasteiger partial charge in [0, 0.05) is 11.1 Å². The lowest BCUT2D eigenvalue weighted by Gasteiger charge is -2.04. The van der Waals surface area contributed by atoms with Gasteiger partial charge in [-0.15, -0.1) is 11.3 Å². The predicted octanol–water partition coefficient (Wildman–Crippen LogP) is 3.06. The number of carbonyl (C=O) groups excluding carboxylic acids is 1. The molecule has 2 aromatic rings. The van der Waals surface area contributed by atoms with E-state index in [0.717, 1.165) is 16.3 Å². The van der Waals surface area contributed by atoms with E-state index < -0.39 is 0 Å². The Balaban J connectivity index is 2.00. The molecular formula is C15H16FN3OS. The molecule has 0 aliphatic rings. The van der Waals surface area contributed by atoms with Gasteiger partial charge in [0.2, 0.25) is 5.91 Å². The van der Waals surface area contributed by atoms with Crippen LogP contribution in [0.25, 0.3) is 0 Å². The number of aryl methyl sites for hydroxylation is 1. The molecule has 0 atom stereocenters. The topological polar surface area (TPSA) is 54.4 Å². The van der Waals surface area contributed by atoms with Gasteiger partial charge < -0.3 is 0 Å². The summed E-state index contributed by atoms with van der Waals surface area (Å²) in [6.45, 7) is 3.82. The molecule has 1 amide bonds. The number of carbonyl (C=O) groups is 1. The van der Waals surface area contributed by atoms with Crippen LogP contribution in [0, 0.1) is 12.7 Å². The largest absolute Gasteiger partial charge is 0.273 e. The molecule has 110 valence electrons. The molecular weight excluding hydrogens is 289 g/mol. The van der Waals surface area contributed by atoms with Gasteiger partial charge in [0.25, 0.3) is 0 Å². The van der Waals surface area contributed by atoms with Crippen LogP contribution in [0.1, 0.15) is 29.6 Å². The summed E-state index contributed by atoms with van der Waals surface area (Å²) in [5.74, 6) is -0.505. The summed E-state index contributed by atoms with van der Waals surface area (Å²) in [4.78, 5) is 16.0. The van der Waals surface area contributed by atoms with Gasteiger partial charge >= 0.3 is 0 Å². The molecule has 0 fully saturated rings. The van der Waals surface area contributed by atoms with E-state index in [4.69, 9.17) is 0 Å². The number of aromatic nitrogens is 1. The van der Waals surface area contributed by atoms with Gasteiger partial charge in [0.05, 0.1) is 12.1 Å². The van der Waals surface area contributed by atoms with Gasteiger partial charge in [-0.2, -0.15) is 5.10 Å². The zero-order valence-corrected chi connectivity index (χ0v) is 12.7. The van der Waals surface area contributed by atoms with Crippen LogP contribution in [-0.2, 0) is 11.2 Å². The normalized spacial score (nSPS) is 11.5. The molecule has 1 heterocycles. The van der Waals surface area contributed by atoms with E-state index in [1.165, 1.54) is 23.5 Å². The maximum absolute atomic E-state index is 12.9. The fourth-order valence-corrected chi connectivity index (χ4v) is 2.55. The number of hydrogen-bond donors (Lipinski definition) is 1. The van der Waals surface area contributed by atoms with Crippen LogP contribution in [0.4, 0.5) is 4.39 Å². The van der Waals surface area contributed by atoms with Gasteiger partial charge in [-0.05, 0) is 31.0 Å². The standard InChI is InChI=1S/C15H16FN3OS/c1-3-13(11-4-6-12(16)7-5-11)18-19-14(20)8-15-17-10(2)9-21-15/h4-7,9H,3,8H2,1-2H3,(H,19,20)/b18-13-. The highest BCUT2D eigenvalue weighted by molar-refractivity contribution is 7.09. The Bertz CT molecular complexity index is 649. The molecule has 0 unspecified atom stereocenters. The Hall–Kier alpha value is -2.08. The first-order valence-corrected chi connectivity index (χ1v) is 7.48. The quantitative estimate of drug-likeness (QED) is 0.682. The lowest BCUT2D eigenvalue weighted by Crippen LogP contribution is -2.21. The van der Waals surface area contributed by atoms with Crippen LogP contribution in [0.3, 0.4) is 0 Å². The summed E-state index contributed by atoms with van der Waals surface area (Å²) in [6, 6.07) is 6.05. The van der Waals surface area contributed by atoms with Crippen molar-refractivity contribution in [1.29, 1.82) is 0 Å². The van der Waals surface area contributed by atoms with Crippen molar-refractivity contribution in [2.24, 2.45) is 5.10 Å². The molecule has 0 radical (unpaired) electrons. The van der Waals surface area contributed by atoms with Crippen LogP contribution in [0.2, 0.25) is 0 Å². The Labute approximate surface area is 126 Å². The van der Waals surface area contributed by atoms with Gasteiger partial charge in [-0.25, -0.2) is 14.8 Å². The maximum Gasteiger partial charge on any atom is 0.246 e. The fourth-order valence-electron chi connectivity index (χ4n) is 1.78. The van der Waals surface area contributed by atoms with E-state index in [9.17, 15) is 9.18 Å². The minimum absolute atomic E-state index is 0.211. The van der Waals surface area contributed by atoms with Crippen molar-refractivity contribution in [3.05, 3.63) is 51.7 Å². The minimum Gasteiger partial charge on any atom is -0.273 e. The lowest BCUT2D eigenvalue weighted by molar-refractivity contribution is -0.120. The van der Waals surface area contributed by atoms with Crippen molar-refractivity contribution in [3.63, 3.8) is 0 Å². The molecule has 1 N–H and O–H groups in total. The first-order valence-electron chi connectivity index (χ1n) is 6.61. The lowest BCUT2D eigenvalue weighted by atomic mass is 10.1. The van der Waals surface area contributed by atoms with Crippen LogP contribution >= 0.6 is 11.3 Å². The Morgan fingerprint density at radius 3 is 2.67 bits per heavy atom. The molecule has 0 aliphatic carbocycles. The van der Waals surface area contributed by atoms with Crippen molar-refractivity contribution in [1.82, 2.24) is 10.4 Å². The highest BCUT2D eigenvalue weighted by Crippen LogP contribution is 2.09. The molecule has 2 rings (SSSR count). The number of amides is 1. The number of benzene rings is 1. The van der Waals surface area contributed by atoms with Gasteiger partial charge in [-0.1, -0.05) is 19.1 Å². The maximum atomic E-state index is 12.9. The second-order valence-corrected chi connectivity index (χ2v) is 5.46. The monoisotopic (exact) mass is 305 g/mol. The van der Waals surface area contributed by atoms with Crippen LogP contribution in [-0.4, -0.2) is 16.6 Å². The summed E-state index contributed by atoms with van der Waals surface area (Å²) in [5, 5.41) is 6.79. The molecule has 6 heteroatoms. The van der Waals surface area contributed by atoms with Gasteiger partial charge in [-0.3, -0.25) is 4.79 Å². The highest BCUT2D eigenvalue weighted by Gasteiger charge is 2.07. The molecule has 0 spiro atoms. The smallest absolute Gasteiger partial charge is 0.246 e. The van der Waals surface area contributed by atoms with E-state index in [-0.39, 0.29) is 18.1 Å². The molecule has 4 nitrogen and oxygen atoms in total. The number of thiazole rings is 1. The van der Waals surface area contributed by atoms with E-state index in [2.05, 4.69) is 15.5 Å². The summed E-state index contributed by atoms with van der Waals surface area (Å²) in [6.07, 6.45) is 0.852. The van der Waals surface area contributed by atoms with E-state index >= 15 is 0 Å². The van der Waals surface area contributed by atoms with Crippen LogP contribution in [0.5, 0.6) is 0 Å². The summed E-state index contributed by atoms with van der Waals surface area (Å²) >= 11 is 1.45. The zero-order valence-electron chi connectivity index (χ0n) is 11.9. The van der Waals surface area contributed by atoms with E-state index in [1.54, 1.807) is 12.1 Å². The summed E-state index contributed by atoms with van der Waals surface area (Å²) < 4.78 is 12.9. The molecule has 21 heavy (non-hydrogen) atoms. The number of halogens is 1. The molecule has 1 aromatic heterocycles. The second kappa shape index (κ2) is 7.08. The summed E-state index contributed by atoms with van der Waals surface area (Å²) in [5.41, 5.74) is 4.94. The third-order valence-corrected chi connectivity index (χ3v) is 3.77. The minimum atomic E-state index is -0.294. The van der Waals surface area contributed by atoms with Crippen molar-refractivity contribution in [2.45, 2.75) is 26.7 Å². The number of nitrogens with one attached hydrogen (secondary N) is 1. The molecule has 0 saturated heterocycles. The summed E-state index contributed by atoms with van der Waals surface area (Å²) in [7, 11) is 0. The van der Waals surface area contributed by atoms with E-state index in [1.807, 2.05) is 19.2 Å². The third-order valence-electron chi connectivity index (χ3n) is 2.81. The molecule has 0 saturated carbocycles. The van der Waals surface area contributed by atoms with Crippen LogP contribution < -0.4 is 5.43 Å². The first kappa shape index (κ1) is 15.3. The van der Waals surface area contributed by atoms with Crippen molar-refractivity contribution < 1.29 is 9.18 Å². The molecule has 1 aromatic carbocycles. The highest BCUT2D eigenvalue weighted by atomic mass is 32.1. The number of rotatable bonds is 5. The average molecular weight is 305 g/mol. The Morgan fingerprint density at radius 1 is 1.38 bits per heavy atom. The van der Waals surface area contributed by atoms with Crippen molar-refractivity contribution in [2.75, 3.05) is 0 Å². The second-order valence-electron chi connectivity index (χ2n) is 4.51. The number of hydrazone groups is 1. The zero-order chi connectivity index (χ0) is 15.2. The molecule has 0 aliphatic heterocycles. The SMILES string of the molecule is CC/C(=N/NC(=O)Cc1nc(C)cs1)c1ccc(F)cc1. The average Bonchev–Trinajstić information content (AvgIpc) is 2.86. The van der Waals surface area contributed by atoms with Crippen molar-refractivity contribution in [3.8, 4) is 0 Å². The fraction of sp³-hybridized carbons (Fsp3) is 0.267.